The molecule has 1 fully saturated rings. The van der Waals surface area contributed by atoms with Crippen LogP contribution in [0.2, 0.25) is 0 Å². The number of rotatable bonds is 5. The number of hydrogen-bond acceptors (Lipinski definition) is 5. The molecule has 2 rings (SSSR count). The Morgan fingerprint density at radius 2 is 1.50 bits per heavy atom. The summed E-state index contributed by atoms with van der Waals surface area (Å²) >= 11 is 0. The average Bonchev–Trinajstić information content (AvgIpc) is 2.76. The van der Waals surface area contributed by atoms with Crippen molar-refractivity contribution in [1.29, 1.82) is 5.26 Å². The van der Waals surface area contributed by atoms with E-state index < -0.39 is 5.97 Å². The molecule has 1 aliphatic rings. The van der Waals surface area contributed by atoms with Gasteiger partial charge in [-0.25, -0.2) is 4.79 Å². The molecule has 162 valence electrons. The number of methoxy groups -OCH3 is 1. The molecule has 0 saturated heterocycles. The van der Waals surface area contributed by atoms with Gasteiger partial charge in [-0.1, -0.05) is 57.8 Å². The summed E-state index contributed by atoms with van der Waals surface area (Å²) in [5, 5.41) is 15.4. The first-order valence-corrected chi connectivity index (χ1v) is 11.0. The van der Waals surface area contributed by atoms with Crippen LogP contribution in [0.4, 0.5) is 5.69 Å². The summed E-state index contributed by atoms with van der Waals surface area (Å²) in [5.74, 6) is -0.750. The second kappa shape index (κ2) is 13.4. The minimum atomic E-state index is -0.411. The van der Waals surface area contributed by atoms with Crippen molar-refractivity contribution in [2.75, 3.05) is 12.4 Å². The third-order valence-electron chi connectivity index (χ3n) is 5.49. The summed E-state index contributed by atoms with van der Waals surface area (Å²) in [6.07, 6.45) is 14.5. The molecule has 1 saturated carbocycles. The molecule has 1 amide bonds. The van der Waals surface area contributed by atoms with Crippen LogP contribution >= 0.6 is 0 Å². The lowest BCUT2D eigenvalue weighted by Crippen LogP contribution is -2.35. The Kier molecular flexibility index (Phi) is 10.5. The Morgan fingerprint density at radius 1 is 0.967 bits per heavy atom. The Labute approximate surface area is 179 Å². The third kappa shape index (κ3) is 8.28. The minimum Gasteiger partial charge on any atom is -0.465 e. The highest BCUT2D eigenvalue weighted by Gasteiger charge is 2.16. The Bertz CT molecular complexity index is 738. The molecule has 0 aromatic heterocycles. The molecular weight excluding hydrogens is 378 g/mol. The van der Waals surface area contributed by atoms with Crippen LogP contribution in [-0.4, -0.2) is 25.0 Å². The number of esters is 1. The third-order valence-corrected chi connectivity index (χ3v) is 5.49. The van der Waals surface area contributed by atoms with E-state index in [1.807, 2.05) is 6.07 Å². The number of nitrogens with zero attached hydrogens (tertiary/aromatic N) is 1. The quantitative estimate of drug-likeness (QED) is 0.400. The summed E-state index contributed by atoms with van der Waals surface area (Å²) in [6.45, 7) is 0. The van der Waals surface area contributed by atoms with E-state index in [2.05, 4.69) is 15.4 Å². The largest absolute Gasteiger partial charge is 0.465 e. The summed E-state index contributed by atoms with van der Waals surface area (Å²) in [6, 6.07) is 8.74. The van der Waals surface area contributed by atoms with Gasteiger partial charge in [0, 0.05) is 17.9 Å². The van der Waals surface area contributed by atoms with Crippen LogP contribution in [-0.2, 0) is 9.53 Å². The molecular formula is C24H33N3O3. The van der Waals surface area contributed by atoms with E-state index in [0.717, 1.165) is 25.7 Å². The number of ether oxygens (including phenoxy) is 1. The SMILES string of the molecule is COC(=O)c1ccc(N/C=C(/C#N)C(=O)NC2CCCCCCCCCCC2)cc1. The topological polar surface area (TPSA) is 91.2 Å². The van der Waals surface area contributed by atoms with Gasteiger partial charge in [-0.3, -0.25) is 4.79 Å². The van der Waals surface area contributed by atoms with Crippen molar-refractivity contribution in [2.45, 2.75) is 76.7 Å². The van der Waals surface area contributed by atoms with Crippen molar-refractivity contribution < 1.29 is 14.3 Å². The molecule has 6 heteroatoms. The zero-order valence-electron chi connectivity index (χ0n) is 17.9. The highest BCUT2D eigenvalue weighted by Crippen LogP contribution is 2.17. The van der Waals surface area contributed by atoms with Crippen LogP contribution in [0, 0.1) is 11.3 Å². The highest BCUT2D eigenvalue weighted by atomic mass is 16.5. The molecule has 0 aliphatic heterocycles. The molecule has 0 heterocycles. The number of carbonyl (C=O) groups excluding carboxylic acids is 2. The first-order valence-electron chi connectivity index (χ1n) is 11.0. The van der Waals surface area contributed by atoms with Crippen LogP contribution in [0.3, 0.4) is 0 Å². The minimum absolute atomic E-state index is 0.0400. The molecule has 0 spiro atoms. The number of carbonyl (C=O) groups is 2. The Morgan fingerprint density at radius 3 is 2.00 bits per heavy atom. The fourth-order valence-corrected chi connectivity index (χ4v) is 3.70. The van der Waals surface area contributed by atoms with Crippen molar-refractivity contribution in [3.63, 3.8) is 0 Å². The van der Waals surface area contributed by atoms with Crippen LogP contribution in [0.15, 0.2) is 36.0 Å². The van der Waals surface area contributed by atoms with E-state index in [9.17, 15) is 14.9 Å². The number of nitrogens with one attached hydrogen (secondary N) is 2. The molecule has 6 nitrogen and oxygen atoms in total. The molecule has 0 radical (unpaired) electrons. The van der Waals surface area contributed by atoms with E-state index >= 15 is 0 Å². The van der Waals surface area contributed by atoms with E-state index in [4.69, 9.17) is 0 Å². The van der Waals surface area contributed by atoms with Crippen LogP contribution in [0.25, 0.3) is 0 Å². The number of anilines is 1. The standard InChI is InChI=1S/C24H33N3O3/c1-30-24(29)19-13-15-21(16-14-19)26-18-20(17-25)23(28)27-22-11-9-7-5-3-2-4-6-8-10-12-22/h13-16,18,22,26H,2-12H2,1H3,(H,27,28)/b20-18-. The van der Waals surface area contributed by atoms with Crippen LogP contribution < -0.4 is 10.6 Å². The zero-order chi connectivity index (χ0) is 21.6. The van der Waals surface area contributed by atoms with E-state index in [1.165, 1.54) is 58.3 Å². The predicted molar refractivity (Wildman–Crippen MR) is 118 cm³/mol. The summed E-state index contributed by atoms with van der Waals surface area (Å²) in [7, 11) is 1.33. The highest BCUT2D eigenvalue weighted by molar-refractivity contribution is 5.97. The van der Waals surface area contributed by atoms with E-state index in [-0.39, 0.29) is 17.5 Å². The zero-order valence-corrected chi connectivity index (χ0v) is 17.9. The van der Waals surface area contributed by atoms with Gasteiger partial charge in [0.05, 0.1) is 12.7 Å². The van der Waals surface area contributed by atoms with Gasteiger partial charge in [-0.15, -0.1) is 0 Å². The van der Waals surface area contributed by atoms with Gasteiger partial charge >= 0.3 is 5.97 Å². The fourth-order valence-electron chi connectivity index (χ4n) is 3.70. The van der Waals surface area contributed by atoms with Crippen molar-refractivity contribution >= 4 is 17.6 Å². The number of amides is 1. The predicted octanol–water partition coefficient (Wildman–Crippen LogP) is 5.08. The molecule has 1 aromatic rings. The van der Waals surface area contributed by atoms with Crippen molar-refractivity contribution in [3.8, 4) is 6.07 Å². The second-order valence-electron chi connectivity index (χ2n) is 7.81. The van der Waals surface area contributed by atoms with Gasteiger partial charge in [0.1, 0.15) is 11.6 Å². The number of hydrogen-bond donors (Lipinski definition) is 2. The molecule has 30 heavy (non-hydrogen) atoms. The first kappa shape index (κ1) is 23.5. The maximum atomic E-state index is 12.6. The van der Waals surface area contributed by atoms with Gasteiger partial charge in [-0.2, -0.15) is 5.26 Å². The normalized spacial score (nSPS) is 17.0. The summed E-state index contributed by atoms with van der Waals surface area (Å²) in [5.41, 5.74) is 1.15. The lowest BCUT2D eigenvalue weighted by atomic mass is 9.98. The van der Waals surface area contributed by atoms with Crippen molar-refractivity contribution in [3.05, 3.63) is 41.6 Å². The lowest BCUT2D eigenvalue weighted by molar-refractivity contribution is -0.117. The Balaban J connectivity index is 1.92. The molecule has 0 atom stereocenters. The molecule has 1 aromatic carbocycles. The number of benzene rings is 1. The van der Waals surface area contributed by atoms with E-state index in [1.54, 1.807) is 24.3 Å². The summed E-state index contributed by atoms with van der Waals surface area (Å²) < 4.78 is 4.67. The monoisotopic (exact) mass is 411 g/mol. The van der Waals surface area contributed by atoms with Gasteiger partial charge in [0.15, 0.2) is 0 Å². The smallest absolute Gasteiger partial charge is 0.337 e. The lowest BCUT2D eigenvalue weighted by Gasteiger charge is -2.19. The molecule has 0 bridgehead atoms. The number of nitriles is 1. The van der Waals surface area contributed by atoms with Crippen LogP contribution in [0.5, 0.6) is 0 Å². The van der Waals surface area contributed by atoms with Crippen molar-refractivity contribution in [1.82, 2.24) is 5.32 Å². The van der Waals surface area contributed by atoms with Crippen molar-refractivity contribution in [2.24, 2.45) is 0 Å². The van der Waals surface area contributed by atoms with Gasteiger partial charge in [-0.05, 0) is 37.1 Å². The maximum absolute atomic E-state index is 12.6. The van der Waals surface area contributed by atoms with E-state index in [0.29, 0.717) is 11.3 Å². The first-order chi connectivity index (χ1) is 14.6. The van der Waals surface area contributed by atoms with Crippen LogP contribution in [0.1, 0.15) is 81.0 Å². The molecule has 0 unspecified atom stereocenters. The second-order valence-corrected chi connectivity index (χ2v) is 7.81. The average molecular weight is 412 g/mol. The Hall–Kier alpha value is -2.81. The maximum Gasteiger partial charge on any atom is 0.337 e. The fraction of sp³-hybridized carbons (Fsp3) is 0.542. The van der Waals surface area contributed by atoms with Gasteiger partial charge in [0.25, 0.3) is 5.91 Å². The molecule has 2 N–H and O–H groups in total. The van der Waals surface area contributed by atoms with Gasteiger partial charge in [0.2, 0.25) is 0 Å². The summed E-state index contributed by atoms with van der Waals surface area (Å²) in [4.78, 5) is 24.1. The molecule has 1 aliphatic carbocycles. The van der Waals surface area contributed by atoms with Gasteiger partial charge < -0.3 is 15.4 Å².